The predicted octanol–water partition coefficient (Wildman–Crippen LogP) is 4.50. The van der Waals surface area contributed by atoms with Crippen LogP contribution >= 0.6 is 12.4 Å². The van der Waals surface area contributed by atoms with E-state index in [9.17, 15) is 5.11 Å². The fraction of sp³-hybridized carbons (Fsp3) is 0.684. The van der Waals surface area contributed by atoms with Gasteiger partial charge >= 0.3 is 0 Å². The number of aliphatic hydroxyl groups excluding tert-OH is 1. The molecular weight excluding hydrogens is 326 g/mol. The molecule has 0 heterocycles. The molecule has 1 unspecified atom stereocenters. The van der Waals surface area contributed by atoms with Crippen molar-refractivity contribution >= 4 is 12.4 Å². The Hall–Kier alpha value is -0.970. The highest BCUT2D eigenvalue weighted by molar-refractivity contribution is 5.85. The van der Waals surface area contributed by atoms with Crippen LogP contribution in [0.25, 0.3) is 0 Å². The molecule has 1 aromatic rings. The van der Waals surface area contributed by atoms with Gasteiger partial charge in [-0.05, 0) is 44.0 Å². The Labute approximate surface area is 153 Å². The van der Waals surface area contributed by atoms with Gasteiger partial charge in [0, 0.05) is 11.6 Å². The molecule has 0 radical (unpaired) electrons. The van der Waals surface area contributed by atoms with E-state index in [4.69, 9.17) is 9.47 Å². The van der Waals surface area contributed by atoms with Crippen LogP contribution in [0.5, 0.6) is 11.5 Å². The fourth-order valence-electron chi connectivity index (χ4n) is 2.21. The van der Waals surface area contributed by atoms with Gasteiger partial charge < -0.3 is 19.9 Å². The normalized spacial score (nSPS) is 11.9. The Bertz CT molecular complexity index is 441. The molecule has 0 saturated heterocycles. The van der Waals surface area contributed by atoms with E-state index in [1.54, 1.807) is 0 Å². The smallest absolute Gasteiger partial charge is 0.125 e. The second kappa shape index (κ2) is 13.3. The molecule has 1 atom stereocenters. The number of ether oxygens (including phenoxy) is 2. The summed E-state index contributed by atoms with van der Waals surface area (Å²) in [5.74, 6) is 1.56. The maximum absolute atomic E-state index is 10.2. The fourth-order valence-corrected chi connectivity index (χ4v) is 2.21. The van der Waals surface area contributed by atoms with Gasteiger partial charge in [-0.3, -0.25) is 0 Å². The SMILES string of the molecule is CCCCOc1ccc(OCCCNC(C)C)c(C(O)CC)c1.Cl. The highest BCUT2D eigenvalue weighted by Crippen LogP contribution is 2.31. The van der Waals surface area contributed by atoms with E-state index >= 15 is 0 Å². The lowest BCUT2D eigenvalue weighted by molar-refractivity contribution is 0.166. The van der Waals surface area contributed by atoms with Crippen LogP contribution in [0.4, 0.5) is 0 Å². The average molecular weight is 360 g/mol. The van der Waals surface area contributed by atoms with Crippen molar-refractivity contribution in [2.45, 2.75) is 65.5 Å². The summed E-state index contributed by atoms with van der Waals surface area (Å²) in [5, 5.41) is 13.6. The molecule has 2 N–H and O–H groups in total. The molecule has 0 fully saturated rings. The van der Waals surface area contributed by atoms with Gasteiger partial charge in [-0.15, -0.1) is 12.4 Å². The molecule has 0 saturated carbocycles. The minimum Gasteiger partial charge on any atom is -0.494 e. The summed E-state index contributed by atoms with van der Waals surface area (Å²) in [5.41, 5.74) is 0.818. The van der Waals surface area contributed by atoms with Crippen LogP contribution in [0.1, 0.15) is 65.0 Å². The number of unbranched alkanes of at least 4 members (excludes halogenated alkanes) is 1. The topological polar surface area (TPSA) is 50.7 Å². The van der Waals surface area contributed by atoms with Crippen LogP contribution in [0.15, 0.2) is 18.2 Å². The van der Waals surface area contributed by atoms with E-state index in [1.165, 1.54) is 0 Å². The largest absolute Gasteiger partial charge is 0.494 e. The number of nitrogens with one attached hydrogen (secondary N) is 1. The Morgan fingerprint density at radius 2 is 1.79 bits per heavy atom. The summed E-state index contributed by atoms with van der Waals surface area (Å²) in [6.07, 6.45) is 3.22. The van der Waals surface area contributed by atoms with Crippen molar-refractivity contribution in [1.82, 2.24) is 5.32 Å². The first-order valence-corrected chi connectivity index (χ1v) is 8.89. The summed E-state index contributed by atoms with van der Waals surface area (Å²) < 4.78 is 11.6. The first-order chi connectivity index (χ1) is 11.1. The second-order valence-corrected chi connectivity index (χ2v) is 6.14. The lowest BCUT2D eigenvalue weighted by Crippen LogP contribution is -2.24. The number of hydrogen-bond acceptors (Lipinski definition) is 4. The van der Waals surface area contributed by atoms with E-state index in [-0.39, 0.29) is 12.4 Å². The number of rotatable bonds is 12. The van der Waals surface area contributed by atoms with Gasteiger partial charge in [0.2, 0.25) is 0 Å². The molecule has 4 nitrogen and oxygen atoms in total. The van der Waals surface area contributed by atoms with Crippen molar-refractivity contribution in [1.29, 1.82) is 0 Å². The molecule has 5 heteroatoms. The zero-order valence-corrected chi connectivity index (χ0v) is 16.3. The lowest BCUT2D eigenvalue weighted by Gasteiger charge is -2.17. The van der Waals surface area contributed by atoms with Crippen molar-refractivity contribution in [3.63, 3.8) is 0 Å². The molecule has 0 amide bonds. The predicted molar refractivity (Wildman–Crippen MR) is 103 cm³/mol. The van der Waals surface area contributed by atoms with Crippen LogP contribution in [-0.4, -0.2) is 30.9 Å². The van der Waals surface area contributed by atoms with Gasteiger partial charge in [0.1, 0.15) is 11.5 Å². The van der Waals surface area contributed by atoms with Gasteiger partial charge in [-0.1, -0.05) is 34.1 Å². The zero-order valence-electron chi connectivity index (χ0n) is 15.5. The molecule has 1 aromatic carbocycles. The van der Waals surface area contributed by atoms with Crippen LogP contribution in [-0.2, 0) is 0 Å². The summed E-state index contributed by atoms with van der Waals surface area (Å²) in [4.78, 5) is 0. The highest BCUT2D eigenvalue weighted by atomic mass is 35.5. The summed E-state index contributed by atoms with van der Waals surface area (Å²) in [7, 11) is 0. The van der Waals surface area contributed by atoms with Gasteiger partial charge in [-0.2, -0.15) is 0 Å². The molecule has 1 rings (SSSR count). The molecule has 0 spiro atoms. The zero-order chi connectivity index (χ0) is 17.1. The van der Waals surface area contributed by atoms with E-state index < -0.39 is 6.10 Å². The van der Waals surface area contributed by atoms with Crippen LogP contribution in [0.3, 0.4) is 0 Å². The molecular formula is C19H34ClNO3. The minimum atomic E-state index is -0.520. The Morgan fingerprint density at radius 3 is 2.42 bits per heavy atom. The average Bonchev–Trinajstić information content (AvgIpc) is 2.54. The van der Waals surface area contributed by atoms with Crippen LogP contribution < -0.4 is 14.8 Å². The minimum absolute atomic E-state index is 0. The number of aliphatic hydroxyl groups is 1. The third-order valence-corrected chi connectivity index (χ3v) is 3.62. The molecule has 0 aliphatic heterocycles. The number of benzene rings is 1. The summed E-state index contributed by atoms with van der Waals surface area (Å²) in [6.45, 7) is 10.6. The van der Waals surface area contributed by atoms with E-state index in [1.807, 2.05) is 25.1 Å². The molecule has 0 bridgehead atoms. The third kappa shape index (κ3) is 8.76. The van der Waals surface area contributed by atoms with Crippen molar-refractivity contribution in [2.24, 2.45) is 0 Å². The monoisotopic (exact) mass is 359 g/mol. The van der Waals surface area contributed by atoms with Crippen molar-refractivity contribution in [3.8, 4) is 11.5 Å². The van der Waals surface area contributed by atoms with Gasteiger partial charge in [-0.25, -0.2) is 0 Å². The van der Waals surface area contributed by atoms with E-state index in [2.05, 4.69) is 26.1 Å². The van der Waals surface area contributed by atoms with Gasteiger partial charge in [0.15, 0.2) is 0 Å². The summed E-state index contributed by atoms with van der Waals surface area (Å²) >= 11 is 0. The van der Waals surface area contributed by atoms with Gasteiger partial charge in [0.05, 0.1) is 19.3 Å². The highest BCUT2D eigenvalue weighted by Gasteiger charge is 2.13. The Morgan fingerprint density at radius 1 is 1.08 bits per heavy atom. The number of halogens is 1. The molecule has 0 aromatic heterocycles. The van der Waals surface area contributed by atoms with Crippen molar-refractivity contribution in [2.75, 3.05) is 19.8 Å². The third-order valence-electron chi connectivity index (χ3n) is 3.62. The second-order valence-electron chi connectivity index (χ2n) is 6.14. The molecule has 24 heavy (non-hydrogen) atoms. The lowest BCUT2D eigenvalue weighted by atomic mass is 10.1. The molecule has 0 aliphatic carbocycles. The quantitative estimate of drug-likeness (QED) is 0.539. The first-order valence-electron chi connectivity index (χ1n) is 8.89. The number of hydrogen-bond donors (Lipinski definition) is 2. The Balaban J connectivity index is 0.00000529. The molecule has 0 aliphatic rings. The van der Waals surface area contributed by atoms with E-state index in [0.29, 0.717) is 25.7 Å². The maximum Gasteiger partial charge on any atom is 0.125 e. The van der Waals surface area contributed by atoms with Crippen LogP contribution in [0.2, 0.25) is 0 Å². The van der Waals surface area contributed by atoms with Crippen LogP contribution in [0, 0.1) is 0 Å². The molecule has 140 valence electrons. The van der Waals surface area contributed by atoms with E-state index in [0.717, 1.165) is 42.9 Å². The van der Waals surface area contributed by atoms with Gasteiger partial charge in [0.25, 0.3) is 0 Å². The standard InChI is InChI=1S/C19H33NO3.ClH/c1-5-7-12-22-16-9-10-19(17(14-16)18(21)6-2)23-13-8-11-20-15(3)4;/h9-10,14-15,18,20-21H,5-8,11-13H2,1-4H3;1H. The van der Waals surface area contributed by atoms with Crippen molar-refractivity contribution < 1.29 is 14.6 Å². The maximum atomic E-state index is 10.2. The van der Waals surface area contributed by atoms with Crippen molar-refractivity contribution in [3.05, 3.63) is 23.8 Å². The Kier molecular flexibility index (Phi) is 12.8. The summed E-state index contributed by atoms with van der Waals surface area (Å²) in [6, 6.07) is 6.23. The first kappa shape index (κ1) is 23.0.